The Morgan fingerprint density at radius 3 is 2.53 bits per heavy atom. The predicted octanol–water partition coefficient (Wildman–Crippen LogP) is 1.27. The van der Waals surface area contributed by atoms with Crippen LogP contribution in [0.4, 0.5) is 0 Å². The van der Waals surface area contributed by atoms with Crippen molar-refractivity contribution in [3.63, 3.8) is 0 Å². The van der Waals surface area contributed by atoms with Gasteiger partial charge in [0.15, 0.2) is 0 Å². The first-order chi connectivity index (χ1) is 7.81. The minimum Gasteiger partial charge on any atom is -0.480 e. The van der Waals surface area contributed by atoms with Crippen molar-refractivity contribution in [1.29, 1.82) is 0 Å². The number of carboxylic acid groups (broad SMARTS) is 1. The molecule has 98 valence electrons. The summed E-state index contributed by atoms with van der Waals surface area (Å²) in [6.07, 6.45) is 2.27. The van der Waals surface area contributed by atoms with Crippen LogP contribution in [0.15, 0.2) is 0 Å². The maximum Gasteiger partial charge on any atom is 0.326 e. The topological polar surface area (TPSA) is 66.8 Å². The van der Waals surface area contributed by atoms with E-state index in [9.17, 15) is 9.59 Å². The van der Waals surface area contributed by atoms with Crippen molar-refractivity contribution in [2.45, 2.75) is 51.7 Å². The van der Waals surface area contributed by atoms with E-state index in [4.69, 9.17) is 9.84 Å². The van der Waals surface area contributed by atoms with E-state index in [-0.39, 0.29) is 18.1 Å². The van der Waals surface area contributed by atoms with Gasteiger partial charge in [-0.15, -0.1) is 0 Å². The summed E-state index contributed by atoms with van der Waals surface area (Å²) in [5.74, 6) is -1.15. The first-order valence-corrected chi connectivity index (χ1v) is 5.97. The Hall–Kier alpha value is -1.10. The van der Waals surface area contributed by atoms with E-state index in [2.05, 4.69) is 0 Å². The number of hydrogen-bond donors (Lipinski definition) is 1. The molecule has 0 bridgehead atoms. The molecule has 1 fully saturated rings. The fourth-order valence-electron chi connectivity index (χ4n) is 1.85. The van der Waals surface area contributed by atoms with E-state index in [0.29, 0.717) is 13.0 Å². The van der Waals surface area contributed by atoms with Gasteiger partial charge < -0.3 is 14.7 Å². The molecular formula is C12H21NO4. The van der Waals surface area contributed by atoms with Crippen LogP contribution >= 0.6 is 0 Å². The number of aliphatic carboxylic acids is 1. The summed E-state index contributed by atoms with van der Waals surface area (Å²) in [6.45, 7) is 6.07. The van der Waals surface area contributed by atoms with Crippen molar-refractivity contribution < 1.29 is 19.4 Å². The van der Waals surface area contributed by atoms with E-state index in [1.165, 1.54) is 4.90 Å². The van der Waals surface area contributed by atoms with Crippen LogP contribution in [-0.4, -0.2) is 46.7 Å². The van der Waals surface area contributed by atoms with E-state index >= 15 is 0 Å². The zero-order valence-corrected chi connectivity index (χ0v) is 10.7. The Morgan fingerprint density at radius 1 is 1.35 bits per heavy atom. The summed E-state index contributed by atoms with van der Waals surface area (Å²) >= 11 is 0. The number of carbonyl (C=O) groups excluding carboxylic acids is 1. The van der Waals surface area contributed by atoms with Gasteiger partial charge in [0.1, 0.15) is 12.6 Å². The molecule has 0 unspecified atom stereocenters. The van der Waals surface area contributed by atoms with Gasteiger partial charge in [0.25, 0.3) is 0 Å². The molecule has 0 aromatic rings. The quantitative estimate of drug-likeness (QED) is 0.810. The summed E-state index contributed by atoms with van der Waals surface area (Å²) < 4.78 is 5.39. The highest BCUT2D eigenvalue weighted by Crippen LogP contribution is 2.18. The lowest BCUT2D eigenvalue weighted by atomic mass is 10.0. The fourth-order valence-corrected chi connectivity index (χ4v) is 1.85. The highest BCUT2D eigenvalue weighted by Gasteiger charge is 2.32. The summed E-state index contributed by atoms with van der Waals surface area (Å²) in [4.78, 5) is 24.4. The molecular weight excluding hydrogens is 222 g/mol. The number of ether oxygens (including phenoxy) is 1. The number of piperidine rings is 1. The van der Waals surface area contributed by atoms with Crippen LogP contribution in [0.2, 0.25) is 0 Å². The second-order valence-electron chi connectivity index (χ2n) is 5.34. The molecule has 5 nitrogen and oxygen atoms in total. The molecule has 17 heavy (non-hydrogen) atoms. The van der Waals surface area contributed by atoms with E-state index in [1.807, 2.05) is 20.8 Å². The number of rotatable bonds is 3. The van der Waals surface area contributed by atoms with Crippen LogP contribution in [0.3, 0.4) is 0 Å². The third-order valence-electron chi connectivity index (χ3n) is 2.74. The first-order valence-electron chi connectivity index (χ1n) is 5.97. The Balaban J connectivity index is 2.56. The maximum atomic E-state index is 11.9. The van der Waals surface area contributed by atoms with Crippen LogP contribution in [0.1, 0.15) is 40.0 Å². The minimum absolute atomic E-state index is 0.0483. The number of carboxylic acids is 1. The molecule has 1 aliphatic rings. The molecule has 0 aliphatic carbocycles. The number of likely N-dealkylation sites (tertiary alicyclic amines) is 1. The van der Waals surface area contributed by atoms with E-state index in [0.717, 1.165) is 12.8 Å². The third-order valence-corrected chi connectivity index (χ3v) is 2.74. The molecule has 1 atom stereocenters. The van der Waals surface area contributed by atoms with Crippen molar-refractivity contribution in [2.24, 2.45) is 0 Å². The zero-order chi connectivity index (χ0) is 13.1. The van der Waals surface area contributed by atoms with Gasteiger partial charge in [-0.2, -0.15) is 0 Å². The van der Waals surface area contributed by atoms with Gasteiger partial charge in [0.05, 0.1) is 5.60 Å². The Morgan fingerprint density at radius 2 is 2.00 bits per heavy atom. The normalized spacial score (nSPS) is 21.4. The predicted molar refractivity (Wildman–Crippen MR) is 62.7 cm³/mol. The van der Waals surface area contributed by atoms with Crippen molar-refractivity contribution in [1.82, 2.24) is 4.90 Å². The number of carbonyl (C=O) groups is 2. The summed E-state index contributed by atoms with van der Waals surface area (Å²) in [7, 11) is 0. The van der Waals surface area contributed by atoms with Crippen LogP contribution < -0.4 is 0 Å². The van der Waals surface area contributed by atoms with Gasteiger partial charge in [-0.3, -0.25) is 4.79 Å². The van der Waals surface area contributed by atoms with Gasteiger partial charge >= 0.3 is 5.97 Å². The monoisotopic (exact) mass is 243 g/mol. The highest BCUT2D eigenvalue weighted by atomic mass is 16.5. The van der Waals surface area contributed by atoms with Gasteiger partial charge in [0.2, 0.25) is 5.91 Å². The minimum atomic E-state index is -0.922. The van der Waals surface area contributed by atoms with Crippen LogP contribution in [0, 0.1) is 0 Å². The van der Waals surface area contributed by atoms with Gasteiger partial charge in [0, 0.05) is 6.54 Å². The molecule has 0 aromatic carbocycles. The summed E-state index contributed by atoms with van der Waals surface area (Å²) in [5.41, 5.74) is -0.385. The van der Waals surface area contributed by atoms with Crippen molar-refractivity contribution >= 4 is 11.9 Å². The number of nitrogens with zero attached hydrogens (tertiary/aromatic N) is 1. The molecule has 0 spiro atoms. The molecule has 1 heterocycles. The largest absolute Gasteiger partial charge is 0.480 e. The lowest BCUT2D eigenvalue weighted by molar-refractivity contribution is -0.156. The SMILES string of the molecule is CC(C)(C)OCC(=O)N1CCCC[C@H]1C(=O)O. The number of amides is 1. The molecule has 0 radical (unpaired) electrons. The zero-order valence-electron chi connectivity index (χ0n) is 10.7. The van der Waals surface area contributed by atoms with E-state index < -0.39 is 12.0 Å². The Kier molecular flexibility index (Phi) is 4.51. The summed E-state index contributed by atoms with van der Waals surface area (Å²) in [6, 6.07) is -0.681. The standard InChI is InChI=1S/C12H21NO4/c1-12(2,3)17-8-10(14)13-7-5-4-6-9(13)11(15)16/h9H,4-8H2,1-3H3,(H,15,16)/t9-/m0/s1. The second-order valence-corrected chi connectivity index (χ2v) is 5.34. The summed E-state index contributed by atoms with van der Waals surface area (Å²) in [5, 5.41) is 9.05. The highest BCUT2D eigenvalue weighted by molar-refractivity contribution is 5.84. The molecule has 0 aromatic heterocycles. The number of hydrogen-bond acceptors (Lipinski definition) is 3. The Bertz CT molecular complexity index is 295. The molecule has 1 amide bonds. The van der Waals surface area contributed by atoms with E-state index in [1.54, 1.807) is 0 Å². The Labute approximate surface area is 102 Å². The van der Waals surface area contributed by atoms with Crippen molar-refractivity contribution in [2.75, 3.05) is 13.2 Å². The maximum absolute atomic E-state index is 11.9. The third kappa shape index (κ3) is 4.34. The average molecular weight is 243 g/mol. The van der Waals surface area contributed by atoms with Gasteiger partial charge in [-0.1, -0.05) is 0 Å². The molecule has 1 rings (SSSR count). The van der Waals surface area contributed by atoms with Crippen LogP contribution in [0.5, 0.6) is 0 Å². The van der Waals surface area contributed by atoms with Gasteiger partial charge in [-0.25, -0.2) is 4.79 Å². The van der Waals surface area contributed by atoms with Crippen molar-refractivity contribution in [3.05, 3.63) is 0 Å². The second kappa shape index (κ2) is 5.49. The molecule has 1 N–H and O–H groups in total. The fraction of sp³-hybridized carbons (Fsp3) is 0.833. The van der Waals surface area contributed by atoms with Crippen LogP contribution in [-0.2, 0) is 14.3 Å². The van der Waals surface area contributed by atoms with Crippen LogP contribution in [0.25, 0.3) is 0 Å². The smallest absolute Gasteiger partial charge is 0.326 e. The lowest BCUT2D eigenvalue weighted by Crippen LogP contribution is -2.49. The van der Waals surface area contributed by atoms with Gasteiger partial charge in [-0.05, 0) is 40.0 Å². The molecule has 5 heteroatoms. The van der Waals surface area contributed by atoms with Crippen molar-refractivity contribution in [3.8, 4) is 0 Å². The molecule has 1 aliphatic heterocycles. The average Bonchev–Trinajstić information content (AvgIpc) is 2.25. The first kappa shape index (κ1) is 14.0. The molecule has 0 saturated carbocycles. The lowest BCUT2D eigenvalue weighted by Gasteiger charge is -2.33. The molecule has 1 saturated heterocycles.